The van der Waals surface area contributed by atoms with Gasteiger partial charge in [0.05, 0.1) is 15.9 Å². The molecule has 154 valence electrons. The molecule has 3 aromatic rings. The van der Waals surface area contributed by atoms with E-state index in [0.717, 1.165) is 22.0 Å². The molecule has 29 heavy (non-hydrogen) atoms. The number of halogens is 5. The van der Waals surface area contributed by atoms with Crippen LogP contribution in [0.1, 0.15) is 11.1 Å². The highest BCUT2D eigenvalue weighted by Crippen LogP contribution is 2.45. The van der Waals surface area contributed by atoms with Crippen molar-refractivity contribution in [3.63, 3.8) is 0 Å². The molecule has 0 radical (unpaired) electrons. The smallest absolute Gasteiger partial charge is 0.367 e. The van der Waals surface area contributed by atoms with Crippen LogP contribution in [0.2, 0.25) is 0 Å². The Labute approximate surface area is 168 Å². The molecule has 2 aromatic carbocycles. The van der Waals surface area contributed by atoms with Crippen molar-refractivity contribution in [1.29, 1.82) is 0 Å². The fraction of sp³-hybridized carbons (Fsp3) is 0.350. The van der Waals surface area contributed by atoms with Gasteiger partial charge in [0.1, 0.15) is 5.52 Å². The van der Waals surface area contributed by atoms with E-state index in [2.05, 4.69) is 9.88 Å². The molecule has 0 aliphatic carbocycles. The normalized spacial score (nSPS) is 16.5. The second-order valence-electron chi connectivity index (χ2n) is 6.97. The summed E-state index contributed by atoms with van der Waals surface area (Å²) in [5, 5.41) is 0. The molecule has 0 unspecified atom stereocenters. The number of hydrogen-bond acceptors (Lipinski definition) is 4. The number of nitrogens with zero attached hydrogens (tertiary/aromatic N) is 3. The van der Waals surface area contributed by atoms with Crippen LogP contribution in [-0.2, 0) is 12.5 Å². The van der Waals surface area contributed by atoms with Gasteiger partial charge in [-0.3, -0.25) is 4.90 Å². The second-order valence-corrected chi connectivity index (χ2v) is 7.86. The monoisotopic (exact) mass is 427 g/mol. The lowest BCUT2D eigenvalue weighted by Gasteiger charge is -2.36. The standard InChI is InChI=1S/C20H18F5N3S/c21-19(22,20(23,24)25)15-5-2-1-4-14(15)12-27-8-10-28(11-9-27)16-6-3-7-17-18(16)26-13-29-17/h1-7,13H,8-12H2. The minimum absolute atomic E-state index is 0.00452. The molecule has 4 rings (SSSR count). The lowest BCUT2D eigenvalue weighted by Crippen LogP contribution is -2.46. The molecule has 0 saturated carbocycles. The van der Waals surface area contributed by atoms with Crippen LogP contribution in [0.5, 0.6) is 0 Å². The van der Waals surface area contributed by atoms with E-state index in [1.165, 1.54) is 18.2 Å². The fourth-order valence-electron chi connectivity index (χ4n) is 3.63. The Hall–Kier alpha value is -2.26. The molecule has 1 aliphatic heterocycles. The van der Waals surface area contributed by atoms with Gasteiger partial charge in [-0.05, 0) is 17.7 Å². The van der Waals surface area contributed by atoms with Crippen LogP contribution in [0.15, 0.2) is 48.0 Å². The maximum Gasteiger partial charge on any atom is 0.458 e. The number of piperazine rings is 1. The molecule has 1 saturated heterocycles. The predicted octanol–water partition coefficient (Wildman–Crippen LogP) is 5.27. The Morgan fingerprint density at radius 1 is 0.897 bits per heavy atom. The minimum Gasteiger partial charge on any atom is -0.367 e. The first-order valence-corrected chi connectivity index (χ1v) is 9.98. The fourth-order valence-corrected chi connectivity index (χ4v) is 4.33. The molecule has 9 heteroatoms. The van der Waals surface area contributed by atoms with Gasteiger partial charge >= 0.3 is 12.1 Å². The molecule has 0 amide bonds. The molecule has 0 spiro atoms. The first-order valence-electron chi connectivity index (χ1n) is 9.10. The van der Waals surface area contributed by atoms with Crippen LogP contribution in [0.3, 0.4) is 0 Å². The van der Waals surface area contributed by atoms with Gasteiger partial charge in [0.2, 0.25) is 0 Å². The summed E-state index contributed by atoms with van der Waals surface area (Å²) in [6, 6.07) is 10.9. The minimum atomic E-state index is -5.62. The number of para-hydroxylation sites is 1. The highest BCUT2D eigenvalue weighted by Gasteiger charge is 2.59. The van der Waals surface area contributed by atoms with Crippen LogP contribution in [-0.4, -0.2) is 42.2 Å². The summed E-state index contributed by atoms with van der Waals surface area (Å²) >= 11 is 1.56. The molecule has 0 N–H and O–H groups in total. The average Bonchev–Trinajstić information content (AvgIpc) is 3.17. The van der Waals surface area contributed by atoms with Gasteiger partial charge in [-0.1, -0.05) is 30.3 Å². The average molecular weight is 427 g/mol. The molecule has 1 aromatic heterocycles. The van der Waals surface area contributed by atoms with E-state index in [-0.39, 0.29) is 12.1 Å². The van der Waals surface area contributed by atoms with Gasteiger partial charge in [0.15, 0.2) is 0 Å². The molecule has 0 bridgehead atoms. The molecular weight excluding hydrogens is 409 g/mol. The number of thiazole rings is 1. The summed E-state index contributed by atoms with van der Waals surface area (Å²) in [4.78, 5) is 8.50. The molecule has 3 nitrogen and oxygen atoms in total. The maximum absolute atomic E-state index is 13.9. The Kier molecular flexibility index (Phi) is 5.20. The number of hydrogen-bond donors (Lipinski definition) is 0. The second kappa shape index (κ2) is 7.53. The van der Waals surface area contributed by atoms with Gasteiger partial charge in [-0.2, -0.15) is 22.0 Å². The highest BCUT2D eigenvalue weighted by molar-refractivity contribution is 7.16. The van der Waals surface area contributed by atoms with E-state index in [1.807, 2.05) is 23.1 Å². The lowest BCUT2D eigenvalue weighted by molar-refractivity contribution is -0.289. The maximum atomic E-state index is 13.9. The van der Waals surface area contributed by atoms with Gasteiger partial charge < -0.3 is 4.90 Å². The van der Waals surface area contributed by atoms with Crippen LogP contribution in [0, 0.1) is 0 Å². The summed E-state index contributed by atoms with van der Waals surface area (Å²) in [5.74, 6) is -4.87. The SMILES string of the molecule is FC(F)(F)C(F)(F)c1ccccc1CN1CCN(c2cccc3scnc23)CC1. The third-order valence-corrected chi connectivity index (χ3v) is 5.95. The van der Waals surface area contributed by atoms with Crippen molar-refractivity contribution in [2.45, 2.75) is 18.6 Å². The van der Waals surface area contributed by atoms with Gasteiger partial charge in [-0.25, -0.2) is 4.98 Å². The molecular formula is C20H18F5N3S. The Morgan fingerprint density at radius 2 is 1.62 bits per heavy atom. The highest BCUT2D eigenvalue weighted by atomic mass is 32.1. The molecule has 1 aliphatic rings. The van der Waals surface area contributed by atoms with E-state index < -0.39 is 17.7 Å². The summed E-state index contributed by atoms with van der Waals surface area (Å²) in [6.07, 6.45) is -5.62. The Morgan fingerprint density at radius 3 is 2.34 bits per heavy atom. The number of aromatic nitrogens is 1. The van der Waals surface area contributed by atoms with E-state index in [4.69, 9.17) is 0 Å². The topological polar surface area (TPSA) is 19.4 Å². The first-order chi connectivity index (χ1) is 13.8. The quantitative estimate of drug-likeness (QED) is 0.529. The van der Waals surface area contributed by atoms with Crippen molar-refractivity contribution in [1.82, 2.24) is 9.88 Å². The van der Waals surface area contributed by atoms with E-state index in [9.17, 15) is 22.0 Å². The Balaban J connectivity index is 1.48. The zero-order valence-corrected chi connectivity index (χ0v) is 16.1. The number of benzene rings is 2. The summed E-state index contributed by atoms with van der Waals surface area (Å²) in [7, 11) is 0. The number of fused-ring (bicyclic) bond motifs is 1. The molecule has 2 heterocycles. The third-order valence-electron chi connectivity index (χ3n) is 5.16. The summed E-state index contributed by atoms with van der Waals surface area (Å²) < 4.78 is 67.5. The Bertz CT molecular complexity index is 993. The van der Waals surface area contributed by atoms with E-state index >= 15 is 0 Å². The number of alkyl halides is 5. The van der Waals surface area contributed by atoms with Gasteiger partial charge in [0.25, 0.3) is 0 Å². The van der Waals surface area contributed by atoms with Crippen molar-refractivity contribution >= 4 is 27.2 Å². The van der Waals surface area contributed by atoms with Crippen molar-refractivity contribution in [3.8, 4) is 0 Å². The van der Waals surface area contributed by atoms with Crippen molar-refractivity contribution < 1.29 is 22.0 Å². The lowest BCUT2D eigenvalue weighted by atomic mass is 10.0. The molecule has 0 atom stereocenters. The van der Waals surface area contributed by atoms with Gasteiger partial charge in [-0.15, -0.1) is 11.3 Å². The van der Waals surface area contributed by atoms with Gasteiger partial charge in [0, 0.05) is 38.3 Å². The van der Waals surface area contributed by atoms with Crippen molar-refractivity contribution in [3.05, 3.63) is 59.1 Å². The zero-order valence-electron chi connectivity index (χ0n) is 15.3. The van der Waals surface area contributed by atoms with E-state index in [0.29, 0.717) is 26.2 Å². The van der Waals surface area contributed by atoms with Crippen LogP contribution in [0.25, 0.3) is 10.2 Å². The van der Waals surface area contributed by atoms with E-state index in [1.54, 1.807) is 16.8 Å². The first kappa shape index (κ1) is 20.0. The molecule has 1 fully saturated rings. The van der Waals surface area contributed by atoms with Crippen LogP contribution in [0.4, 0.5) is 27.6 Å². The number of anilines is 1. The van der Waals surface area contributed by atoms with Crippen LogP contribution >= 0.6 is 11.3 Å². The van der Waals surface area contributed by atoms with Crippen LogP contribution < -0.4 is 4.90 Å². The third kappa shape index (κ3) is 3.81. The van der Waals surface area contributed by atoms with Crippen molar-refractivity contribution in [2.24, 2.45) is 0 Å². The zero-order chi connectivity index (χ0) is 20.6. The summed E-state index contributed by atoms with van der Waals surface area (Å²) in [5.41, 5.74) is 2.78. The predicted molar refractivity (Wildman–Crippen MR) is 104 cm³/mol. The number of rotatable bonds is 4. The van der Waals surface area contributed by atoms with Crippen molar-refractivity contribution in [2.75, 3.05) is 31.1 Å². The largest absolute Gasteiger partial charge is 0.458 e. The summed E-state index contributed by atoms with van der Waals surface area (Å²) in [6.45, 7) is 2.47.